The van der Waals surface area contributed by atoms with E-state index in [0.717, 1.165) is 23.7 Å². The van der Waals surface area contributed by atoms with E-state index in [-0.39, 0.29) is 12.0 Å². The highest BCUT2D eigenvalue weighted by Crippen LogP contribution is 2.17. The minimum absolute atomic E-state index is 0.102. The number of amides is 1. The van der Waals surface area contributed by atoms with Gasteiger partial charge in [0, 0.05) is 12.0 Å². The Morgan fingerprint density at radius 3 is 3.00 bits per heavy atom. The van der Waals surface area contributed by atoms with Gasteiger partial charge in [-0.3, -0.25) is 4.79 Å². The van der Waals surface area contributed by atoms with Crippen LogP contribution in [0.15, 0.2) is 36.4 Å². The Hall–Kier alpha value is -1.94. The highest BCUT2D eigenvalue weighted by atomic mass is 16.5. The van der Waals surface area contributed by atoms with Gasteiger partial charge in [0.15, 0.2) is 0 Å². The Kier molecular flexibility index (Phi) is 2.94. The largest absolute Gasteiger partial charge is 0.368 e. The SMILES string of the molecule is O=C(Nc1ccc2ccccc2n1)C1CCCO1. The van der Waals surface area contributed by atoms with Gasteiger partial charge in [-0.25, -0.2) is 4.98 Å². The second-order valence-electron chi connectivity index (χ2n) is 4.38. The lowest BCUT2D eigenvalue weighted by atomic mass is 10.2. The number of benzene rings is 1. The minimum Gasteiger partial charge on any atom is -0.368 e. The Balaban J connectivity index is 1.79. The van der Waals surface area contributed by atoms with Crippen LogP contribution < -0.4 is 5.32 Å². The number of fused-ring (bicyclic) bond motifs is 1. The molecule has 3 rings (SSSR count). The predicted octanol–water partition coefficient (Wildman–Crippen LogP) is 2.35. The molecule has 0 radical (unpaired) electrons. The number of carbonyl (C=O) groups excluding carboxylic acids is 1. The van der Waals surface area contributed by atoms with E-state index in [1.165, 1.54) is 0 Å². The van der Waals surface area contributed by atoms with Crippen LogP contribution >= 0.6 is 0 Å². The smallest absolute Gasteiger partial charge is 0.254 e. The molecule has 1 unspecified atom stereocenters. The lowest BCUT2D eigenvalue weighted by Crippen LogP contribution is -2.27. The first-order valence-corrected chi connectivity index (χ1v) is 6.11. The second-order valence-corrected chi connectivity index (χ2v) is 4.38. The summed E-state index contributed by atoms with van der Waals surface area (Å²) >= 11 is 0. The molecule has 1 aliphatic rings. The highest BCUT2D eigenvalue weighted by Gasteiger charge is 2.23. The van der Waals surface area contributed by atoms with Crippen molar-refractivity contribution in [3.8, 4) is 0 Å². The Morgan fingerprint density at radius 2 is 2.17 bits per heavy atom. The number of carbonyl (C=O) groups is 1. The molecule has 0 saturated carbocycles. The van der Waals surface area contributed by atoms with E-state index >= 15 is 0 Å². The molecule has 0 aliphatic carbocycles. The zero-order chi connectivity index (χ0) is 12.4. The van der Waals surface area contributed by atoms with Crippen LogP contribution in [0.2, 0.25) is 0 Å². The number of aromatic nitrogens is 1. The number of pyridine rings is 1. The number of nitrogens with one attached hydrogen (secondary N) is 1. The maximum absolute atomic E-state index is 11.9. The Morgan fingerprint density at radius 1 is 1.28 bits per heavy atom. The Bertz CT molecular complexity index is 577. The van der Waals surface area contributed by atoms with Crippen LogP contribution in [0.5, 0.6) is 0 Å². The van der Waals surface area contributed by atoms with Crippen molar-refractivity contribution in [2.75, 3.05) is 11.9 Å². The molecule has 1 aromatic carbocycles. The van der Waals surface area contributed by atoms with Gasteiger partial charge in [0.1, 0.15) is 11.9 Å². The van der Waals surface area contributed by atoms with Crippen molar-refractivity contribution in [3.05, 3.63) is 36.4 Å². The van der Waals surface area contributed by atoms with E-state index in [1.54, 1.807) is 0 Å². The third kappa shape index (κ3) is 2.19. The molecule has 0 bridgehead atoms. The van der Waals surface area contributed by atoms with Gasteiger partial charge < -0.3 is 10.1 Å². The van der Waals surface area contributed by atoms with Crippen molar-refractivity contribution < 1.29 is 9.53 Å². The van der Waals surface area contributed by atoms with E-state index in [9.17, 15) is 4.79 Å². The number of ether oxygens (including phenoxy) is 1. The molecule has 1 aromatic heterocycles. The molecular formula is C14H14N2O2. The molecule has 1 amide bonds. The van der Waals surface area contributed by atoms with E-state index < -0.39 is 0 Å². The minimum atomic E-state index is -0.321. The second kappa shape index (κ2) is 4.74. The van der Waals surface area contributed by atoms with Crippen LogP contribution in [0.1, 0.15) is 12.8 Å². The zero-order valence-electron chi connectivity index (χ0n) is 9.93. The first-order valence-electron chi connectivity index (χ1n) is 6.11. The van der Waals surface area contributed by atoms with Crippen molar-refractivity contribution >= 4 is 22.6 Å². The molecule has 4 heteroatoms. The summed E-state index contributed by atoms with van der Waals surface area (Å²) in [5.74, 6) is 0.476. The normalized spacial score (nSPS) is 19.0. The monoisotopic (exact) mass is 242 g/mol. The van der Waals surface area contributed by atoms with Crippen molar-refractivity contribution in [1.82, 2.24) is 4.98 Å². The average molecular weight is 242 g/mol. The van der Waals surface area contributed by atoms with Crippen LogP contribution in [-0.2, 0) is 9.53 Å². The fourth-order valence-corrected chi connectivity index (χ4v) is 2.13. The third-order valence-electron chi connectivity index (χ3n) is 3.07. The molecule has 1 N–H and O–H groups in total. The van der Waals surface area contributed by atoms with Gasteiger partial charge in [-0.1, -0.05) is 18.2 Å². The summed E-state index contributed by atoms with van der Waals surface area (Å²) in [5, 5.41) is 3.86. The molecule has 0 spiro atoms. The van der Waals surface area contributed by atoms with Crippen LogP contribution in [-0.4, -0.2) is 23.6 Å². The maximum Gasteiger partial charge on any atom is 0.254 e. The van der Waals surface area contributed by atoms with Crippen LogP contribution in [0, 0.1) is 0 Å². The molecule has 2 heterocycles. The van der Waals surface area contributed by atoms with E-state index in [2.05, 4.69) is 10.3 Å². The molecule has 1 saturated heterocycles. The summed E-state index contributed by atoms with van der Waals surface area (Å²) in [6.45, 7) is 0.670. The van der Waals surface area contributed by atoms with E-state index in [1.807, 2.05) is 36.4 Å². The molecule has 92 valence electrons. The number of para-hydroxylation sites is 1. The topological polar surface area (TPSA) is 51.2 Å². The summed E-state index contributed by atoms with van der Waals surface area (Å²) in [4.78, 5) is 16.3. The van der Waals surface area contributed by atoms with Crippen LogP contribution in [0.4, 0.5) is 5.82 Å². The number of hydrogen-bond acceptors (Lipinski definition) is 3. The van der Waals surface area contributed by atoms with Gasteiger partial charge in [0.05, 0.1) is 5.52 Å². The molecule has 2 aromatic rings. The predicted molar refractivity (Wildman–Crippen MR) is 69.3 cm³/mol. The van der Waals surface area contributed by atoms with Crippen molar-refractivity contribution in [2.24, 2.45) is 0 Å². The standard InChI is InChI=1S/C14H14N2O2/c17-14(12-6-3-9-18-12)16-13-8-7-10-4-1-2-5-11(10)15-13/h1-2,4-5,7-8,12H,3,6,9H2,(H,15,16,17). The summed E-state index contributed by atoms with van der Waals surface area (Å²) < 4.78 is 5.33. The number of anilines is 1. The van der Waals surface area contributed by atoms with Crippen LogP contribution in [0.3, 0.4) is 0 Å². The van der Waals surface area contributed by atoms with Crippen LogP contribution in [0.25, 0.3) is 10.9 Å². The molecule has 18 heavy (non-hydrogen) atoms. The van der Waals surface area contributed by atoms with Crippen molar-refractivity contribution in [2.45, 2.75) is 18.9 Å². The lowest BCUT2D eigenvalue weighted by molar-refractivity contribution is -0.124. The summed E-state index contributed by atoms with van der Waals surface area (Å²) in [5.41, 5.74) is 0.877. The summed E-state index contributed by atoms with van der Waals surface area (Å²) in [6, 6.07) is 11.6. The average Bonchev–Trinajstić information content (AvgIpc) is 2.92. The maximum atomic E-state index is 11.9. The molecule has 4 nitrogen and oxygen atoms in total. The first-order chi connectivity index (χ1) is 8.83. The first kappa shape index (κ1) is 11.2. The quantitative estimate of drug-likeness (QED) is 0.879. The van der Waals surface area contributed by atoms with Crippen molar-refractivity contribution in [1.29, 1.82) is 0 Å². The van der Waals surface area contributed by atoms with Gasteiger partial charge in [0.2, 0.25) is 0 Å². The van der Waals surface area contributed by atoms with Crippen molar-refractivity contribution in [3.63, 3.8) is 0 Å². The van der Waals surface area contributed by atoms with Gasteiger partial charge in [-0.05, 0) is 31.0 Å². The molecule has 1 atom stereocenters. The molecule has 1 aliphatic heterocycles. The molecular weight excluding hydrogens is 228 g/mol. The summed E-state index contributed by atoms with van der Waals surface area (Å²) in [6.07, 6.45) is 1.42. The third-order valence-corrected chi connectivity index (χ3v) is 3.07. The zero-order valence-corrected chi connectivity index (χ0v) is 9.93. The number of rotatable bonds is 2. The van der Waals surface area contributed by atoms with Gasteiger partial charge >= 0.3 is 0 Å². The van der Waals surface area contributed by atoms with E-state index in [0.29, 0.717) is 12.4 Å². The fourth-order valence-electron chi connectivity index (χ4n) is 2.13. The Labute approximate surface area is 105 Å². The number of nitrogens with zero attached hydrogens (tertiary/aromatic N) is 1. The van der Waals surface area contributed by atoms with Gasteiger partial charge in [0.25, 0.3) is 5.91 Å². The van der Waals surface area contributed by atoms with E-state index in [4.69, 9.17) is 4.74 Å². The van der Waals surface area contributed by atoms with Gasteiger partial charge in [-0.2, -0.15) is 0 Å². The highest BCUT2D eigenvalue weighted by molar-refractivity contribution is 5.94. The van der Waals surface area contributed by atoms with Gasteiger partial charge in [-0.15, -0.1) is 0 Å². The fraction of sp³-hybridized carbons (Fsp3) is 0.286. The lowest BCUT2D eigenvalue weighted by Gasteiger charge is -2.10. The molecule has 1 fully saturated rings. The summed E-state index contributed by atoms with van der Waals surface area (Å²) in [7, 11) is 0. The number of hydrogen-bond donors (Lipinski definition) is 1.